The second-order valence-corrected chi connectivity index (χ2v) is 6.00. The van der Waals surface area contributed by atoms with Gasteiger partial charge in [0.2, 0.25) is 0 Å². The van der Waals surface area contributed by atoms with Gasteiger partial charge in [-0.3, -0.25) is 14.7 Å². The highest BCUT2D eigenvalue weighted by Crippen LogP contribution is 2.27. The van der Waals surface area contributed by atoms with E-state index in [0.717, 1.165) is 42.5 Å². The van der Waals surface area contributed by atoms with Gasteiger partial charge in [-0.05, 0) is 42.6 Å². The molecule has 1 aromatic heterocycles. The van der Waals surface area contributed by atoms with E-state index in [1.165, 1.54) is 0 Å². The molecule has 3 rings (SSSR count). The first-order valence-electron chi connectivity index (χ1n) is 7.10. The third-order valence-electron chi connectivity index (χ3n) is 4.03. The summed E-state index contributed by atoms with van der Waals surface area (Å²) in [7, 11) is 0. The average molecular weight is 305 g/mol. The fraction of sp³-hybridized carbons (Fsp3) is 0.375. The van der Waals surface area contributed by atoms with Crippen molar-refractivity contribution in [1.82, 2.24) is 9.88 Å². The second kappa shape index (κ2) is 6.00. The van der Waals surface area contributed by atoms with Crippen molar-refractivity contribution in [1.29, 1.82) is 0 Å². The van der Waals surface area contributed by atoms with Crippen molar-refractivity contribution in [3.63, 3.8) is 0 Å². The summed E-state index contributed by atoms with van der Waals surface area (Å²) in [5.41, 5.74) is 2.08. The molecule has 1 aliphatic rings. The van der Waals surface area contributed by atoms with Crippen molar-refractivity contribution in [2.45, 2.75) is 19.4 Å². The molecule has 0 spiro atoms. The third-order valence-corrected chi connectivity index (χ3v) is 4.36. The molecule has 110 valence electrons. The first kappa shape index (κ1) is 14.3. The number of carbonyl (C=O) groups is 1. The van der Waals surface area contributed by atoms with Crippen LogP contribution in [-0.4, -0.2) is 34.0 Å². The van der Waals surface area contributed by atoms with E-state index in [1.54, 1.807) is 6.20 Å². The molecular weight excluding hydrogens is 288 g/mol. The molecule has 4 nitrogen and oxygen atoms in total. The van der Waals surface area contributed by atoms with Crippen LogP contribution in [0, 0.1) is 5.92 Å². The van der Waals surface area contributed by atoms with E-state index in [-0.39, 0.29) is 12.3 Å². The number of hydrogen-bond acceptors (Lipinski definition) is 3. The Morgan fingerprint density at radius 3 is 3.10 bits per heavy atom. The Hall–Kier alpha value is -1.65. The lowest BCUT2D eigenvalue weighted by atomic mass is 10.1. The quantitative estimate of drug-likeness (QED) is 0.942. The number of halogens is 1. The van der Waals surface area contributed by atoms with E-state index < -0.39 is 5.97 Å². The van der Waals surface area contributed by atoms with Crippen molar-refractivity contribution in [3.8, 4) is 0 Å². The molecule has 1 saturated heterocycles. The van der Waals surface area contributed by atoms with Crippen molar-refractivity contribution < 1.29 is 9.90 Å². The van der Waals surface area contributed by atoms with E-state index >= 15 is 0 Å². The molecular formula is C16H17ClN2O2. The van der Waals surface area contributed by atoms with Gasteiger partial charge in [0, 0.05) is 36.1 Å². The third kappa shape index (κ3) is 3.17. The van der Waals surface area contributed by atoms with Gasteiger partial charge in [0.25, 0.3) is 0 Å². The summed E-state index contributed by atoms with van der Waals surface area (Å²) in [6.45, 7) is 2.57. The normalized spacial score (nSPS) is 19.2. The molecule has 2 heterocycles. The Morgan fingerprint density at radius 1 is 1.43 bits per heavy atom. The van der Waals surface area contributed by atoms with Gasteiger partial charge in [0.15, 0.2) is 0 Å². The fourth-order valence-corrected chi connectivity index (χ4v) is 3.25. The van der Waals surface area contributed by atoms with E-state index in [0.29, 0.717) is 5.02 Å². The summed E-state index contributed by atoms with van der Waals surface area (Å²) in [6.07, 6.45) is 2.99. The van der Waals surface area contributed by atoms with Gasteiger partial charge in [-0.1, -0.05) is 17.7 Å². The van der Waals surface area contributed by atoms with Gasteiger partial charge in [0.1, 0.15) is 0 Å². The minimum atomic E-state index is -0.708. The smallest absolute Gasteiger partial charge is 0.303 e. The van der Waals surface area contributed by atoms with Gasteiger partial charge in [-0.15, -0.1) is 0 Å². The van der Waals surface area contributed by atoms with Crippen LogP contribution in [0.25, 0.3) is 10.9 Å². The maximum Gasteiger partial charge on any atom is 0.303 e. The number of hydrogen-bond donors (Lipinski definition) is 1. The number of benzene rings is 1. The molecule has 1 aromatic carbocycles. The van der Waals surface area contributed by atoms with Gasteiger partial charge in [-0.2, -0.15) is 0 Å². The maximum atomic E-state index is 10.8. The van der Waals surface area contributed by atoms with E-state index in [9.17, 15) is 4.79 Å². The van der Waals surface area contributed by atoms with Crippen LogP contribution in [0.3, 0.4) is 0 Å². The highest BCUT2D eigenvalue weighted by atomic mass is 35.5. The molecule has 0 amide bonds. The van der Waals surface area contributed by atoms with Crippen LogP contribution in [0.5, 0.6) is 0 Å². The van der Waals surface area contributed by atoms with Crippen LogP contribution in [0.15, 0.2) is 30.5 Å². The topological polar surface area (TPSA) is 53.4 Å². The van der Waals surface area contributed by atoms with Gasteiger partial charge >= 0.3 is 5.97 Å². The Balaban J connectivity index is 1.77. The van der Waals surface area contributed by atoms with E-state index in [1.807, 2.05) is 24.3 Å². The number of fused-ring (bicyclic) bond motifs is 1. The summed E-state index contributed by atoms with van der Waals surface area (Å²) in [5, 5.41) is 10.6. The fourth-order valence-electron chi connectivity index (χ4n) is 3.03. The summed E-state index contributed by atoms with van der Waals surface area (Å²) in [4.78, 5) is 17.5. The molecule has 21 heavy (non-hydrogen) atoms. The molecule has 0 bridgehead atoms. The van der Waals surface area contributed by atoms with Crippen molar-refractivity contribution in [2.24, 2.45) is 5.92 Å². The zero-order chi connectivity index (χ0) is 14.8. The van der Waals surface area contributed by atoms with Crippen molar-refractivity contribution >= 4 is 28.5 Å². The number of pyridine rings is 1. The molecule has 1 atom stereocenters. The number of likely N-dealkylation sites (tertiary alicyclic amines) is 1. The highest BCUT2D eigenvalue weighted by molar-refractivity contribution is 6.35. The van der Waals surface area contributed by atoms with Gasteiger partial charge in [0.05, 0.1) is 5.52 Å². The molecule has 2 aromatic rings. The number of rotatable bonds is 4. The predicted octanol–water partition coefficient (Wildman–Crippen LogP) is 3.18. The zero-order valence-corrected chi connectivity index (χ0v) is 12.4. The Labute approximate surface area is 128 Å². The Morgan fingerprint density at radius 2 is 2.29 bits per heavy atom. The van der Waals surface area contributed by atoms with Crippen LogP contribution in [0.4, 0.5) is 0 Å². The molecule has 0 radical (unpaired) electrons. The predicted molar refractivity (Wildman–Crippen MR) is 82.4 cm³/mol. The van der Waals surface area contributed by atoms with Crippen molar-refractivity contribution in [2.75, 3.05) is 13.1 Å². The Bertz CT molecular complexity index is 674. The molecule has 0 aliphatic carbocycles. The van der Waals surface area contributed by atoms with Crippen LogP contribution in [-0.2, 0) is 11.3 Å². The van der Waals surface area contributed by atoms with Crippen molar-refractivity contribution in [3.05, 3.63) is 41.0 Å². The van der Waals surface area contributed by atoms with E-state index in [2.05, 4.69) is 9.88 Å². The number of aromatic nitrogens is 1. The number of carboxylic acids is 1. The molecule has 1 unspecified atom stereocenters. The zero-order valence-electron chi connectivity index (χ0n) is 11.6. The lowest BCUT2D eigenvalue weighted by Crippen LogP contribution is -2.21. The lowest BCUT2D eigenvalue weighted by Gasteiger charge is -2.17. The van der Waals surface area contributed by atoms with Crippen LogP contribution >= 0.6 is 11.6 Å². The minimum absolute atomic E-state index is 0.258. The monoisotopic (exact) mass is 304 g/mol. The van der Waals surface area contributed by atoms with Crippen LogP contribution < -0.4 is 0 Å². The van der Waals surface area contributed by atoms with Crippen LogP contribution in [0.2, 0.25) is 5.02 Å². The highest BCUT2D eigenvalue weighted by Gasteiger charge is 2.24. The summed E-state index contributed by atoms with van der Waals surface area (Å²) >= 11 is 6.21. The molecule has 5 heteroatoms. The number of carboxylic acid groups (broad SMARTS) is 1. The first-order valence-corrected chi connectivity index (χ1v) is 7.47. The van der Waals surface area contributed by atoms with Gasteiger partial charge < -0.3 is 5.11 Å². The Kier molecular flexibility index (Phi) is 4.08. The number of aliphatic carboxylic acids is 1. The lowest BCUT2D eigenvalue weighted by molar-refractivity contribution is -0.138. The molecule has 1 N–H and O–H groups in total. The van der Waals surface area contributed by atoms with E-state index in [4.69, 9.17) is 16.7 Å². The summed E-state index contributed by atoms with van der Waals surface area (Å²) < 4.78 is 0. The largest absolute Gasteiger partial charge is 0.481 e. The van der Waals surface area contributed by atoms with Gasteiger partial charge in [-0.25, -0.2) is 0 Å². The molecule has 1 aliphatic heterocycles. The van der Waals surface area contributed by atoms with Crippen LogP contribution in [0.1, 0.15) is 18.4 Å². The second-order valence-electron chi connectivity index (χ2n) is 5.59. The summed E-state index contributed by atoms with van der Waals surface area (Å²) in [5.74, 6) is -0.450. The number of nitrogens with zero attached hydrogens (tertiary/aromatic N) is 2. The standard InChI is InChI=1S/C16H17ClN2O2/c17-14-4-3-12(16-13(14)2-1-6-18-16)10-19-7-5-11(9-19)8-15(20)21/h1-4,6,11H,5,7-10H2,(H,20,21). The molecule has 1 fully saturated rings. The minimum Gasteiger partial charge on any atom is -0.481 e. The SMILES string of the molecule is O=C(O)CC1CCN(Cc2ccc(Cl)c3cccnc23)C1. The first-order chi connectivity index (χ1) is 10.1. The molecule has 0 saturated carbocycles. The maximum absolute atomic E-state index is 10.8. The average Bonchev–Trinajstić information content (AvgIpc) is 2.89. The summed E-state index contributed by atoms with van der Waals surface area (Å²) in [6, 6.07) is 7.79.